The smallest absolute Gasteiger partial charge is 0.310 e. The monoisotopic (exact) mass is 538 g/mol. The number of fused-ring (bicyclic) bond motifs is 1. The summed E-state index contributed by atoms with van der Waals surface area (Å²) < 4.78 is 24.5. The van der Waals surface area contributed by atoms with E-state index in [1.165, 1.54) is 12.8 Å². The zero-order valence-electron chi connectivity index (χ0n) is 23.4. The van der Waals surface area contributed by atoms with Gasteiger partial charge in [-0.25, -0.2) is 0 Å². The molecular weight excluding hydrogens is 500 g/mol. The van der Waals surface area contributed by atoms with Crippen LogP contribution in [-0.2, 0) is 31.6 Å². The maximum atomic E-state index is 13.5. The van der Waals surface area contributed by atoms with E-state index < -0.39 is 17.7 Å². The number of benzene rings is 2. The zero-order valence-corrected chi connectivity index (χ0v) is 23.4. The molecule has 0 spiro atoms. The van der Waals surface area contributed by atoms with Crippen molar-refractivity contribution >= 4 is 22.5 Å². The molecule has 2 heterocycles. The third-order valence-corrected chi connectivity index (χ3v) is 7.51. The molecule has 1 amide bonds. The van der Waals surface area contributed by atoms with Gasteiger partial charge in [0.2, 0.25) is 5.91 Å². The van der Waals surface area contributed by atoms with Crippen molar-refractivity contribution in [2.24, 2.45) is 0 Å². The number of ether oxygens (including phenoxy) is 4. The summed E-state index contributed by atoms with van der Waals surface area (Å²) in [4.78, 5) is 13.5. The number of hydrogen-bond donors (Lipinski definition) is 3. The topological polar surface area (TPSA) is 111 Å². The number of aliphatic hydroxyl groups excluding tert-OH is 1. The Hall–Kier alpha value is -3.11. The number of hydrogen-bond acceptors (Lipinski definition) is 7. The van der Waals surface area contributed by atoms with Gasteiger partial charge in [-0.1, -0.05) is 26.8 Å². The van der Waals surface area contributed by atoms with Gasteiger partial charge >= 0.3 is 6.48 Å². The third kappa shape index (κ3) is 5.49. The molecule has 1 aliphatic heterocycles. The van der Waals surface area contributed by atoms with Gasteiger partial charge in [0.05, 0.1) is 25.7 Å². The second-order valence-electron chi connectivity index (χ2n) is 12.0. The van der Waals surface area contributed by atoms with Crippen LogP contribution in [0, 0.1) is 0 Å². The van der Waals surface area contributed by atoms with E-state index in [-0.39, 0.29) is 23.2 Å². The van der Waals surface area contributed by atoms with Crippen molar-refractivity contribution in [1.29, 1.82) is 0 Å². The van der Waals surface area contributed by atoms with Gasteiger partial charge in [0.1, 0.15) is 6.10 Å². The predicted molar refractivity (Wildman–Crippen MR) is 147 cm³/mol. The van der Waals surface area contributed by atoms with E-state index in [1.807, 2.05) is 26.0 Å². The minimum absolute atomic E-state index is 0.0415. The van der Waals surface area contributed by atoms with Crippen LogP contribution >= 0.6 is 0 Å². The summed E-state index contributed by atoms with van der Waals surface area (Å²) in [5.41, 5.74) is 3.03. The maximum Gasteiger partial charge on any atom is 0.310 e. The number of rotatable bonds is 8. The molecule has 9 heteroatoms. The Morgan fingerprint density at radius 1 is 1.13 bits per heavy atom. The van der Waals surface area contributed by atoms with E-state index in [2.05, 4.69) is 42.8 Å². The van der Waals surface area contributed by atoms with Crippen LogP contribution in [0.15, 0.2) is 42.5 Å². The number of carbonyl (C=O) groups excluding carboxylic acids is 1. The first-order valence-corrected chi connectivity index (χ1v) is 13.3. The number of anilines is 1. The number of nitrogens with one attached hydrogen (secondary N) is 1. The van der Waals surface area contributed by atoms with E-state index in [4.69, 9.17) is 29.2 Å². The van der Waals surface area contributed by atoms with Crippen molar-refractivity contribution in [1.82, 2.24) is 4.57 Å². The van der Waals surface area contributed by atoms with Gasteiger partial charge in [-0.2, -0.15) is 0 Å². The van der Waals surface area contributed by atoms with Crippen molar-refractivity contribution < 1.29 is 34.0 Å². The molecule has 2 aliphatic rings. The molecule has 5 rings (SSSR count). The highest BCUT2D eigenvalue weighted by Gasteiger charge is 2.51. The number of methoxy groups -OCH3 is 1. The van der Waals surface area contributed by atoms with E-state index in [0.717, 1.165) is 22.2 Å². The number of aromatic nitrogens is 1. The Labute approximate surface area is 228 Å². The summed E-state index contributed by atoms with van der Waals surface area (Å²) in [6, 6.07) is 13.3. The summed E-state index contributed by atoms with van der Waals surface area (Å²) in [5.74, 6) is -0.148. The maximum absolute atomic E-state index is 13.5. The first-order chi connectivity index (χ1) is 18.3. The Bertz CT molecular complexity index is 1380. The molecule has 1 aromatic heterocycles. The third-order valence-electron chi connectivity index (χ3n) is 7.51. The molecule has 1 unspecified atom stereocenters. The molecular formula is C30H38N2O7. The minimum atomic E-state index is -1.96. The lowest BCUT2D eigenvalue weighted by Crippen LogP contribution is -2.28. The fourth-order valence-corrected chi connectivity index (χ4v) is 5.42. The van der Waals surface area contributed by atoms with Crippen LogP contribution in [0.25, 0.3) is 10.9 Å². The zero-order chi connectivity index (χ0) is 28.2. The normalized spacial score (nSPS) is 19.9. The molecule has 9 nitrogen and oxygen atoms in total. The quantitative estimate of drug-likeness (QED) is 0.364. The number of nitrogens with zero attached hydrogens (tertiary/aromatic N) is 1. The fourth-order valence-electron chi connectivity index (χ4n) is 5.42. The SMILES string of the molecule is COc1cc(C2(C(=O)Nc3ccc4c(c3)cc(C(C)(C)C)n4CC3COC(C)(C)O3)CC2)ccc1OC(O)O. The number of amides is 1. The average Bonchev–Trinajstić information content (AvgIpc) is 3.48. The van der Waals surface area contributed by atoms with Gasteiger partial charge in [-0.05, 0) is 68.7 Å². The van der Waals surface area contributed by atoms with Crippen LogP contribution in [0.2, 0.25) is 0 Å². The van der Waals surface area contributed by atoms with Crippen molar-refractivity contribution in [2.45, 2.75) is 83.2 Å². The lowest BCUT2D eigenvalue weighted by Gasteiger charge is -2.24. The highest BCUT2D eigenvalue weighted by Crippen LogP contribution is 2.50. The molecule has 3 N–H and O–H groups in total. The van der Waals surface area contributed by atoms with E-state index >= 15 is 0 Å². The Morgan fingerprint density at radius 2 is 1.87 bits per heavy atom. The van der Waals surface area contributed by atoms with Crippen LogP contribution in [0.3, 0.4) is 0 Å². The van der Waals surface area contributed by atoms with Gasteiger partial charge in [-0.15, -0.1) is 0 Å². The van der Waals surface area contributed by atoms with Gasteiger partial charge in [0, 0.05) is 27.7 Å². The summed E-state index contributed by atoms with van der Waals surface area (Å²) in [6.07, 6.45) is 1.37. The lowest BCUT2D eigenvalue weighted by atomic mass is 9.92. The second-order valence-corrected chi connectivity index (χ2v) is 12.0. The predicted octanol–water partition coefficient (Wildman–Crippen LogP) is 4.42. The molecule has 1 aliphatic carbocycles. The van der Waals surface area contributed by atoms with Crippen LogP contribution in [0.5, 0.6) is 11.5 Å². The summed E-state index contributed by atoms with van der Waals surface area (Å²) in [7, 11) is 1.47. The molecule has 0 radical (unpaired) electrons. The number of carbonyl (C=O) groups is 1. The molecule has 2 fully saturated rings. The molecule has 1 saturated heterocycles. The standard InChI is InChI=1S/C30H38N2O7/c1-28(2,3)25-14-18-13-20(8-9-22(18)32(25)16-21-17-37-29(4,5)39-21)31-26(33)30(11-12-30)19-7-10-23(38-27(34)35)24(15-19)36-6/h7-10,13-15,21,27,34-35H,11-12,16-17H2,1-6H3,(H,31,33). The molecule has 1 atom stereocenters. The van der Waals surface area contributed by atoms with E-state index in [0.29, 0.717) is 31.7 Å². The van der Waals surface area contributed by atoms with Crippen molar-refractivity contribution in [3.63, 3.8) is 0 Å². The molecule has 1 saturated carbocycles. The van der Waals surface area contributed by atoms with Crippen molar-refractivity contribution in [3.8, 4) is 11.5 Å². The van der Waals surface area contributed by atoms with Crippen LogP contribution in [0.4, 0.5) is 5.69 Å². The fraction of sp³-hybridized carbons (Fsp3) is 0.500. The first-order valence-electron chi connectivity index (χ1n) is 13.3. The minimum Gasteiger partial charge on any atom is -0.493 e. The van der Waals surface area contributed by atoms with Crippen molar-refractivity contribution in [3.05, 3.63) is 53.7 Å². The summed E-state index contributed by atoms with van der Waals surface area (Å²) >= 11 is 0. The average molecular weight is 539 g/mol. The highest BCUT2D eigenvalue weighted by molar-refractivity contribution is 6.02. The first kappa shape index (κ1) is 27.5. The van der Waals surface area contributed by atoms with Gasteiger partial charge in [0.25, 0.3) is 0 Å². The molecule has 210 valence electrons. The van der Waals surface area contributed by atoms with Gasteiger partial charge < -0.3 is 39.0 Å². The van der Waals surface area contributed by atoms with E-state index in [9.17, 15) is 4.79 Å². The lowest BCUT2D eigenvalue weighted by molar-refractivity contribution is -0.180. The van der Waals surface area contributed by atoms with Crippen LogP contribution < -0.4 is 14.8 Å². The molecule has 0 bridgehead atoms. The Balaban J connectivity index is 1.40. The summed E-state index contributed by atoms with van der Waals surface area (Å²) in [6.45, 7) is 9.72. The van der Waals surface area contributed by atoms with Crippen LogP contribution in [-0.4, -0.2) is 52.8 Å². The van der Waals surface area contributed by atoms with Gasteiger partial charge in [0.15, 0.2) is 17.3 Å². The largest absolute Gasteiger partial charge is 0.493 e. The second kappa shape index (κ2) is 9.82. The summed E-state index contributed by atoms with van der Waals surface area (Å²) in [5, 5.41) is 22.5. The molecule has 2 aromatic carbocycles. The highest BCUT2D eigenvalue weighted by atomic mass is 16.7. The number of aliphatic hydroxyl groups is 2. The Morgan fingerprint density at radius 3 is 2.46 bits per heavy atom. The van der Waals surface area contributed by atoms with Crippen LogP contribution in [0.1, 0.15) is 58.7 Å². The Kier molecular flexibility index (Phi) is 6.91. The van der Waals surface area contributed by atoms with Crippen molar-refractivity contribution in [2.75, 3.05) is 19.0 Å². The molecule has 3 aromatic rings. The molecule has 39 heavy (non-hydrogen) atoms. The van der Waals surface area contributed by atoms with E-state index in [1.54, 1.807) is 18.2 Å². The van der Waals surface area contributed by atoms with Gasteiger partial charge in [-0.3, -0.25) is 4.79 Å².